The zero-order chi connectivity index (χ0) is 33.0. The van der Waals surface area contributed by atoms with E-state index in [1.54, 1.807) is 4.90 Å². The van der Waals surface area contributed by atoms with Crippen LogP contribution in [0.1, 0.15) is 85.5 Å². The highest BCUT2D eigenvalue weighted by molar-refractivity contribution is 5.82. The number of nitrogens with zero attached hydrogens (tertiary/aromatic N) is 1. The Morgan fingerprint density at radius 1 is 0.756 bits per heavy atom. The number of rotatable bonds is 8. The van der Waals surface area contributed by atoms with Crippen molar-refractivity contribution in [1.82, 2.24) is 31.5 Å². The Balaban J connectivity index is 0.000000175. The molecular formula is C32H56N6O7. The maximum absolute atomic E-state index is 12.1. The molecule has 5 amide bonds. The molecule has 0 bridgehead atoms. The zero-order valence-electron chi connectivity index (χ0n) is 27.6. The topological polar surface area (TPSA) is 178 Å². The number of ether oxygens (including phenoxy) is 1. The lowest BCUT2D eigenvalue weighted by atomic mass is 10.1. The van der Waals surface area contributed by atoms with Crippen LogP contribution >= 0.6 is 0 Å². The van der Waals surface area contributed by atoms with E-state index in [0.29, 0.717) is 12.5 Å². The van der Waals surface area contributed by atoms with Gasteiger partial charge in [-0.25, -0.2) is 4.79 Å². The van der Waals surface area contributed by atoms with Gasteiger partial charge in [0.05, 0.1) is 24.4 Å². The Kier molecular flexibility index (Phi) is 14.4. The third-order valence-electron chi connectivity index (χ3n) is 8.63. The summed E-state index contributed by atoms with van der Waals surface area (Å²) in [6.07, 6.45) is 8.99. The number of hydrogen-bond acceptors (Lipinski definition) is 8. The molecule has 0 aromatic carbocycles. The molecule has 6 rings (SSSR count). The Morgan fingerprint density at radius 3 is 1.56 bits per heavy atom. The fraction of sp³-hybridized carbons (Fsp3) is 0.844. The first-order valence-electron chi connectivity index (χ1n) is 16.9. The summed E-state index contributed by atoms with van der Waals surface area (Å²) < 4.78 is 5.40. The van der Waals surface area contributed by atoms with Gasteiger partial charge in [0.15, 0.2) is 0 Å². The zero-order valence-corrected chi connectivity index (χ0v) is 27.6. The van der Waals surface area contributed by atoms with Crippen LogP contribution in [0, 0.1) is 23.7 Å². The van der Waals surface area contributed by atoms with Gasteiger partial charge in [-0.1, -0.05) is 6.92 Å². The molecule has 4 heterocycles. The van der Waals surface area contributed by atoms with Gasteiger partial charge in [-0.15, -0.1) is 0 Å². The fourth-order valence-electron chi connectivity index (χ4n) is 5.43. The maximum Gasteiger partial charge on any atom is 0.410 e. The van der Waals surface area contributed by atoms with E-state index in [1.807, 2.05) is 20.8 Å². The Bertz CT molecular complexity index is 984. The van der Waals surface area contributed by atoms with E-state index in [-0.39, 0.29) is 60.1 Å². The molecule has 13 nitrogen and oxygen atoms in total. The molecule has 2 aliphatic carbocycles. The predicted octanol–water partition coefficient (Wildman–Crippen LogP) is 1.04. The Morgan fingerprint density at radius 2 is 1.22 bits per heavy atom. The van der Waals surface area contributed by atoms with Gasteiger partial charge in [0, 0.05) is 57.3 Å². The number of aliphatic hydroxyl groups excluding tert-OH is 1. The second-order valence-electron chi connectivity index (χ2n) is 13.7. The minimum atomic E-state index is -0.484. The van der Waals surface area contributed by atoms with Gasteiger partial charge in [0.2, 0.25) is 23.6 Å². The third-order valence-corrected chi connectivity index (χ3v) is 8.63. The van der Waals surface area contributed by atoms with Crippen molar-refractivity contribution in [3.8, 4) is 0 Å². The van der Waals surface area contributed by atoms with Gasteiger partial charge in [0.1, 0.15) is 5.60 Å². The summed E-state index contributed by atoms with van der Waals surface area (Å²) in [5, 5.41) is 22.9. The first kappa shape index (κ1) is 36.5. The van der Waals surface area contributed by atoms with Crippen molar-refractivity contribution in [2.75, 3.05) is 45.9 Å². The van der Waals surface area contributed by atoms with Crippen LogP contribution in [-0.4, -0.2) is 103 Å². The molecule has 4 atom stereocenters. The van der Waals surface area contributed by atoms with Crippen molar-refractivity contribution in [3.63, 3.8) is 0 Å². The smallest absolute Gasteiger partial charge is 0.410 e. The lowest BCUT2D eigenvalue weighted by molar-refractivity contribution is -0.124. The van der Waals surface area contributed by atoms with E-state index in [0.717, 1.165) is 83.7 Å². The van der Waals surface area contributed by atoms with Crippen LogP contribution in [0.25, 0.3) is 0 Å². The van der Waals surface area contributed by atoms with Gasteiger partial charge in [-0.05, 0) is 78.6 Å². The average molecular weight is 637 g/mol. The molecule has 4 aliphatic heterocycles. The molecule has 0 aromatic rings. The highest BCUT2D eigenvalue weighted by atomic mass is 16.6. The van der Waals surface area contributed by atoms with Crippen LogP contribution in [0.3, 0.4) is 0 Å². The molecule has 6 fully saturated rings. The summed E-state index contributed by atoms with van der Waals surface area (Å²) in [4.78, 5) is 57.7. The number of carbonyl (C=O) groups excluding carboxylic acids is 5. The number of hydrogen-bond donors (Lipinski definition) is 6. The first-order valence-corrected chi connectivity index (χ1v) is 16.9. The first-order chi connectivity index (χ1) is 21.4. The van der Waals surface area contributed by atoms with Crippen molar-refractivity contribution in [2.24, 2.45) is 23.7 Å². The summed E-state index contributed by atoms with van der Waals surface area (Å²) in [6.45, 7) is 12.2. The van der Waals surface area contributed by atoms with Crippen molar-refractivity contribution in [1.29, 1.82) is 0 Å². The van der Waals surface area contributed by atoms with E-state index in [9.17, 15) is 24.0 Å². The molecular weight excluding hydrogens is 580 g/mol. The highest BCUT2D eigenvalue weighted by Gasteiger charge is 2.38. The molecule has 0 aromatic heterocycles. The van der Waals surface area contributed by atoms with Crippen molar-refractivity contribution in [3.05, 3.63) is 0 Å². The predicted molar refractivity (Wildman–Crippen MR) is 169 cm³/mol. The SMILES string of the molecule is CC(C)(C)OC(=O)N(CC1CCNC1=O)C1CC1.CCC1CCNC1=O.O=C1NCCC1CNC1CC1.O=C1NCCC1CO. The normalized spacial score (nSPS) is 27.0. The molecule has 256 valence electrons. The number of nitrogens with one attached hydrogen (secondary N) is 5. The molecule has 13 heteroatoms. The molecule has 4 unspecified atom stereocenters. The third kappa shape index (κ3) is 13.1. The van der Waals surface area contributed by atoms with Gasteiger partial charge in [-0.3, -0.25) is 19.2 Å². The standard InChI is InChI=1S/C13H22N2O3.C8H14N2O.C6H11NO.C5H9NO2/c1-13(2,3)18-12(17)15(10-4-5-10)8-9-6-7-14-11(9)16;11-8-6(3-4-9-8)5-10-7-1-2-7;1-2-5-3-4-7-6(5)8;7-3-4-1-2-6-5(4)8/h9-10H,4-8H2,1-3H3,(H,14,16);6-7,10H,1-5H2,(H,9,11);5H,2-4H2,1H3,(H,7,8);4,7H,1-3H2,(H,6,8). The van der Waals surface area contributed by atoms with E-state index >= 15 is 0 Å². The Hall–Kier alpha value is -2.93. The molecule has 0 radical (unpaired) electrons. The van der Waals surface area contributed by atoms with Crippen LogP contribution < -0.4 is 26.6 Å². The monoisotopic (exact) mass is 636 g/mol. The minimum Gasteiger partial charge on any atom is -0.444 e. The molecule has 2 saturated carbocycles. The van der Waals surface area contributed by atoms with Crippen molar-refractivity contribution in [2.45, 2.75) is 103 Å². The summed E-state index contributed by atoms with van der Waals surface area (Å²) >= 11 is 0. The lowest BCUT2D eigenvalue weighted by Crippen LogP contribution is -2.42. The molecule has 4 saturated heterocycles. The van der Waals surface area contributed by atoms with Gasteiger partial charge in [-0.2, -0.15) is 0 Å². The summed E-state index contributed by atoms with van der Waals surface area (Å²) in [5.74, 6) is 0.890. The molecule has 6 N–H and O–H groups in total. The second-order valence-corrected chi connectivity index (χ2v) is 13.7. The highest BCUT2D eigenvalue weighted by Crippen LogP contribution is 2.30. The largest absolute Gasteiger partial charge is 0.444 e. The summed E-state index contributed by atoms with van der Waals surface area (Å²) in [5.41, 5.74) is -0.484. The number of amides is 5. The van der Waals surface area contributed by atoms with Crippen LogP contribution in [0.4, 0.5) is 4.79 Å². The minimum absolute atomic E-state index is 0.00694. The van der Waals surface area contributed by atoms with Crippen LogP contribution in [-0.2, 0) is 23.9 Å². The summed E-state index contributed by atoms with van der Waals surface area (Å²) in [7, 11) is 0. The number of aliphatic hydroxyl groups is 1. The van der Waals surface area contributed by atoms with Gasteiger partial charge in [0.25, 0.3) is 0 Å². The van der Waals surface area contributed by atoms with E-state index in [1.165, 1.54) is 12.8 Å². The quantitative estimate of drug-likeness (QED) is 0.229. The van der Waals surface area contributed by atoms with Crippen LogP contribution in [0.2, 0.25) is 0 Å². The number of carbonyl (C=O) groups is 5. The van der Waals surface area contributed by atoms with Gasteiger partial charge >= 0.3 is 6.09 Å². The Labute approximate surface area is 267 Å². The van der Waals surface area contributed by atoms with Gasteiger partial charge < -0.3 is 41.3 Å². The second kappa shape index (κ2) is 17.7. The molecule has 6 aliphatic rings. The van der Waals surface area contributed by atoms with Crippen LogP contribution in [0.5, 0.6) is 0 Å². The van der Waals surface area contributed by atoms with E-state index < -0.39 is 5.60 Å². The van der Waals surface area contributed by atoms with E-state index in [4.69, 9.17) is 9.84 Å². The van der Waals surface area contributed by atoms with E-state index in [2.05, 4.69) is 33.5 Å². The molecule has 45 heavy (non-hydrogen) atoms. The average Bonchev–Trinajstić information content (AvgIpc) is 3.83. The molecule has 0 spiro atoms. The maximum atomic E-state index is 12.1. The fourth-order valence-corrected chi connectivity index (χ4v) is 5.43. The van der Waals surface area contributed by atoms with Crippen LogP contribution in [0.15, 0.2) is 0 Å². The van der Waals surface area contributed by atoms with Crippen molar-refractivity contribution >= 4 is 29.7 Å². The summed E-state index contributed by atoms with van der Waals surface area (Å²) in [6, 6.07) is 0.997. The van der Waals surface area contributed by atoms with Crippen molar-refractivity contribution < 1.29 is 33.8 Å². The lowest BCUT2D eigenvalue weighted by Gasteiger charge is -2.28.